The van der Waals surface area contributed by atoms with Crippen LogP contribution >= 0.6 is 0 Å². The quantitative estimate of drug-likeness (QED) is 0.366. The highest BCUT2D eigenvalue weighted by atomic mass is 19.4. The molecule has 0 spiro atoms. The predicted molar refractivity (Wildman–Crippen MR) is 111 cm³/mol. The molecule has 4 nitrogen and oxygen atoms in total. The van der Waals surface area contributed by atoms with Crippen LogP contribution in [0.15, 0.2) is 97.3 Å². The third-order valence-corrected chi connectivity index (χ3v) is 5.19. The van der Waals surface area contributed by atoms with Gasteiger partial charge in [-0.15, -0.1) is 0 Å². The van der Waals surface area contributed by atoms with Crippen molar-refractivity contribution < 1.29 is 23.0 Å². The third kappa shape index (κ3) is 3.80. The second-order valence-electron chi connectivity index (χ2n) is 7.22. The second kappa shape index (κ2) is 7.92. The maximum absolute atomic E-state index is 14.1. The highest BCUT2D eigenvalue weighted by molar-refractivity contribution is 5.76. The lowest BCUT2D eigenvalue weighted by Gasteiger charge is -2.29. The molecule has 158 valence electrons. The fraction of sp³-hybridized carbons (Fsp3) is 0.125. The summed E-state index contributed by atoms with van der Waals surface area (Å²) in [5.74, 6) is 0. The molecule has 0 amide bonds. The van der Waals surface area contributed by atoms with Gasteiger partial charge < -0.3 is 10.3 Å². The zero-order valence-electron chi connectivity index (χ0n) is 16.3. The monoisotopic (exact) mass is 424 g/mol. The highest BCUT2D eigenvalue weighted by Crippen LogP contribution is 2.42. The summed E-state index contributed by atoms with van der Waals surface area (Å²) < 4.78 is 44.0. The minimum atomic E-state index is -4.97. The van der Waals surface area contributed by atoms with Crippen molar-refractivity contribution in [3.63, 3.8) is 0 Å². The summed E-state index contributed by atoms with van der Waals surface area (Å²) in [6, 6.07) is 24.3. The molecule has 0 aliphatic carbocycles. The summed E-state index contributed by atoms with van der Waals surface area (Å²) >= 11 is 0. The Bertz CT molecular complexity index is 1160. The van der Waals surface area contributed by atoms with Crippen molar-refractivity contribution in [1.82, 2.24) is 4.57 Å². The average Bonchev–Trinajstić information content (AvgIpc) is 3.10. The first-order valence-corrected chi connectivity index (χ1v) is 9.59. The molecule has 3 aromatic carbocycles. The van der Waals surface area contributed by atoms with E-state index in [0.717, 1.165) is 6.33 Å². The Morgan fingerprint density at radius 2 is 1.26 bits per heavy atom. The van der Waals surface area contributed by atoms with Crippen molar-refractivity contribution >= 4 is 0 Å². The van der Waals surface area contributed by atoms with Crippen molar-refractivity contribution in [3.8, 4) is 22.5 Å². The first-order valence-electron chi connectivity index (χ1n) is 9.59. The minimum absolute atomic E-state index is 0.212. The topological polar surface area (TPSA) is 52.1 Å². The normalized spacial score (nSPS) is 13.7. The first-order chi connectivity index (χ1) is 14.8. The number of halogens is 3. The number of rotatable bonds is 5. The van der Waals surface area contributed by atoms with Gasteiger partial charge in [-0.25, -0.2) is 9.30 Å². The number of hydrogen-bond donors (Lipinski definition) is 1. The predicted octanol–water partition coefficient (Wildman–Crippen LogP) is 4.91. The van der Waals surface area contributed by atoms with E-state index < -0.39 is 18.3 Å². The molecule has 0 aliphatic heterocycles. The lowest BCUT2D eigenvalue weighted by Crippen LogP contribution is -2.46. The Kier molecular flexibility index (Phi) is 5.29. The maximum atomic E-state index is 14.1. The summed E-state index contributed by atoms with van der Waals surface area (Å²) in [5.41, 5.74) is -1.85. The van der Waals surface area contributed by atoms with Crippen LogP contribution in [0.1, 0.15) is 5.56 Å². The molecule has 7 heteroatoms. The smallest absolute Gasteiger partial charge is 0.425 e. The minimum Gasteiger partial charge on any atom is -0.710 e. The van der Waals surface area contributed by atoms with E-state index in [1.165, 1.54) is 28.8 Å². The molecule has 0 bridgehead atoms. The molecule has 1 heterocycles. The number of aromatic nitrogens is 2. The molecule has 1 atom stereocenters. The molecular weight excluding hydrogens is 405 g/mol. The molecule has 0 radical (unpaired) electrons. The SMILES string of the molecule is [O-][n+]1cn(C[C@@](O)(c2ccccc2)C(F)(F)F)c(-c2ccccc2)c1-c1ccccc1. The van der Waals surface area contributed by atoms with Gasteiger partial charge in [-0.05, 0) is 5.56 Å². The molecule has 1 N–H and O–H groups in total. The molecule has 0 saturated heterocycles. The van der Waals surface area contributed by atoms with Crippen molar-refractivity contribution in [1.29, 1.82) is 0 Å². The van der Waals surface area contributed by atoms with Crippen LogP contribution < -0.4 is 4.73 Å². The van der Waals surface area contributed by atoms with Crippen molar-refractivity contribution in [3.05, 3.63) is 108 Å². The standard InChI is InChI=1S/C24H19F3N2O2/c25-24(26,27)23(30,20-14-8-3-9-15-20)16-28-17-29(31)22(19-12-6-2-7-13-19)21(28)18-10-4-1-5-11-18/h1-15,17,30H,16H2/t23-/m1/s1. The van der Waals surface area contributed by atoms with Gasteiger partial charge in [0.2, 0.25) is 11.9 Å². The van der Waals surface area contributed by atoms with Crippen LogP contribution in [0.4, 0.5) is 13.2 Å². The number of alkyl halides is 3. The summed E-state index contributed by atoms with van der Waals surface area (Å²) in [6.07, 6.45) is -3.92. The summed E-state index contributed by atoms with van der Waals surface area (Å²) in [4.78, 5) is 0. The van der Waals surface area contributed by atoms with Gasteiger partial charge in [0, 0.05) is 11.1 Å². The van der Waals surface area contributed by atoms with Gasteiger partial charge in [-0.1, -0.05) is 91.0 Å². The Morgan fingerprint density at radius 1 is 0.774 bits per heavy atom. The van der Waals surface area contributed by atoms with E-state index in [4.69, 9.17) is 0 Å². The average molecular weight is 424 g/mol. The van der Waals surface area contributed by atoms with Crippen LogP contribution in [-0.2, 0) is 12.1 Å². The van der Waals surface area contributed by atoms with Gasteiger partial charge in [-0.3, -0.25) is 0 Å². The Labute approximate surface area is 177 Å². The number of nitrogens with zero attached hydrogens (tertiary/aromatic N) is 2. The molecule has 0 aliphatic rings. The van der Waals surface area contributed by atoms with E-state index >= 15 is 0 Å². The number of benzene rings is 3. The Morgan fingerprint density at radius 3 is 1.77 bits per heavy atom. The van der Waals surface area contributed by atoms with Crippen LogP contribution in [0.3, 0.4) is 0 Å². The van der Waals surface area contributed by atoms with Crippen molar-refractivity contribution in [2.75, 3.05) is 0 Å². The molecule has 4 rings (SSSR count). The highest BCUT2D eigenvalue weighted by Gasteiger charge is 2.57. The lowest BCUT2D eigenvalue weighted by atomic mass is 9.92. The Balaban J connectivity index is 1.93. The molecule has 0 unspecified atom stereocenters. The van der Waals surface area contributed by atoms with Gasteiger partial charge >= 0.3 is 6.18 Å². The number of hydrogen-bond acceptors (Lipinski definition) is 2. The second-order valence-corrected chi connectivity index (χ2v) is 7.22. The van der Waals surface area contributed by atoms with Gasteiger partial charge in [0.15, 0.2) is 11.4 Å². The van der Waals surface area contributed by atoms with Crippen LogP contribution in [-0.4, -0.2) is 15.8 Å². The van der Waals surface area contributed by atoms with Crippen LogP contribution in [0.2, 0.25) is 0 Å². The van der Waals surface area contributed by atoms with E-state index in [0.29, 0.717) is 21.6 Å². The summed E-state index contributed by atoms with van der Waals surface area (Å²) in [7, 11) is 0. The van der Waals surface area contributed by atoms with E-state index in [-0.39, 0.29) is 11.3 Å². The molecule has 31 heavy (non-hydrogen) atoms. The lowest BCUT2D eigenvalue weighted by molar-refractivity contribution is -0.593. The third-order valence-electron chi connectivity index (χ3n) is 5.19. The number of imidazole rings is 1. The molecule has 0 saturated carbocycles. The van der Waals surface area contributed by atoms with E-state index in [1.54, 1.807) is 66.7 Å². The van der Waals surface area contributed by atoms with Crippen LogP contribution in [0.25, 0.3) is 22.5 Å². The van der Waals surface area contributed by atoms with Gasteiger partial charge in [0.05, 0.1) is 0 Å². The molecule has 1 aromatic heterocycles. The Hall–Kier alpha value is -3.58. The van der Waals surface area contributed by atoms with E-state index in [9.17, 15) is 23.5 Å². The number of aliphatic hydroxyl groups is 1. The fourth-order valence-corrected chi connectivity index (χ4v) is 3.67. The molecule has 0 fully saturated rings. The largest absolute Gasteiger partial charge is 0.710 e. The van der Waals surface area contributed by atoms with Gasteiger partial charge in [0.25, 0.3) is 0 Å². The van der Waals surface area contributed by atoms with Crippen molar-refractivity contribution in [2.24, 2.45) is 0 Å². The molecule has 4 aromatic rings. The van der Waals surface area contributed by atoms with Crippen molar-refractivity contribution in [2.45, 2.75) is 18.3 Å². The van der Waals surface area contributed by atoms with Gasteiger partial charge in [-0.2, -0.15) is 13.2 Å². The zero-order chi connectivity index (χ0) is 22.1. The van der Waals surface area contributed by atoms with Crippen LogP contribution in [0, 0.1) is 5.21 Å². The maximum Gasteiger partial charge on any atom is 0.425 e. The first kappa shape index (κ1) is 20.7. The van der Waals surface area contributed by atoms with Gasteiger partial charge in [0.1, 0.15) is 6.54 Å². The fourth-order valence-electron chi connectivity index (χ4n) is 3.67. The zero-order valence-corrected chi connectivity index (χ0v) is 16.3. The molecular formula is C24H19F3N2O2. The van der Waals surface area contributed by atoms with E-state index in [2.05, 4.69) is 0 Å². The van der Waals surface area contributed by atoms with Crippen LogP contribution in [0.5, 0.6) is 0 Å². The summed E-state index contributed by atoms with van der Waals surface area (Å²) in [6.45, 7) is -0.875. The van der Waals surface area contributed by atoms with E-state index in [1.807, 2.05) is 0 Å². The summed E-state index contributed by atoms with van der Waals surface area (Å²) in [5, 5.41) is 23.7.